The first kappa shape index (κ1) is 13.0. The number of hydrogen-bond donors (Lipinski definition) is 2. The third-order valence-corrected chi connectivity index (χ3v) is 3.23. The van der Waals surface area contributed by atoms with Crippen molar-refractivity contribution >= 4 is 11.6 Å². The van der Waals surface area contributed by atoms with Crippen molar-refractivity contribution in [3.05, 3.63) is 17.7 Å². The lowest BCUT2D eigenvalue weighted by Gasteiger charge is -2.29. The number of nitrogens with one attached hydrogen (secondary N) is 2. The summed E-state index contributed by atoms with van der Waals surface area (Å²) in [5.41, 5.74) is 0. The Morgan fingerprint density at radius 2 is 1.83 bits per heavy atom. The van der Waals surface area contributed by atoms with Gasteiger partial charge in [-0.2, -0.15) is 0 Å². The molecule has 100 valence electrons. The lowest BCUT2D eigenvalue weighted by Crippen LogP contribution is -2.37. The van der Waals surface area contributed by atoms with E-state index in [9.17, 15) is 8.78 Å². The summed E-state index contributed by atoms with van der Waals surface area (Å²) >= 11 is 0. The first-order valence-corrected chi connectivity index (χ1v) is 6.09. The van der Waals surface area contributed by atoms with Gasteiger partial charge in [-0.3, -0.25) is 0 Å². The molecular weight excluding hydrogens is 238 g/mol. The Hall–Kier alpha value is -1.43. The average molecular weight is 256 g/mol. The molecule has 18 heavy (non-hydrogen) atoms. The Bertz CT molecular complexity index is 417. The van der Waals surface area contributed by atoms with Crippen molar-refractivity contribution in [1.82, 2.24) is 9.88 Å². The number of aromatic nitrogens is 1. The molecule has 0 unspecified atom stereocenters. The minimum absolute atomic E-state index is 0.0619. The number of nitrogens with zero attached hydrogens (tertiary/aromatic N) is 2. The molecule has 1 saturated heterocycles. The van der Waals surface area contributed by atoms with Crippen molar-refractivity contribution in [1.29, 1.82) is 0 Å². The molecule has 1 aliphatic rings. The molecule has 1 aromatic heterocycles. The number of rotatable bonds is 3. The molecule has 2 N–H and O–H groups in total. The quantitative estimate of drug-likeness (QED) is 0.866. The van der Waals surface area contributed by atoms with Crippen molar-refractivity contribution in [3.63, 3.8) is 0 Å². The molecule has 1 aromatic rings. The predicted molar refractivity (Wildman–Crippen MR) is 67.8 cm³/mol. The highest BCUT2D eigenvalue weighted by Crippen LogP contribution is 2.21. The van der Waals surface area contributed by atoms with Crippen LogP contribution in [0.4, 0.5) is 20.4 Å². The first-order chi connectivity index (χ1) is 8.60. The molecule has 2 heterocycles. The first-order valence-electron chi connectivity index (χ1n) is 6.09. The molecule has 4 nitrogen and oxygen atoms in total. The highest BCUT2D eigenvalue weighted by molar-refractivity contribution is 5.47. The van der Waals surface area contributed by atoms with E-state index in [0.29, 0.717) is 0 Å². The van der Waals surface area contributed by atoms with Crippen LogP contribution in [0.5, 0.6) is 0 Å². The Labute approximate surface area is 105 Å². The standard InChI is InChI=1S/C12H18F2N4/c1-15-11-9(13)7-10(14)12(17-11)16-8-3-5-18(2)6-4-8/h7-8H,3-6H2,1-2H3,(H2,15,16,17). The zero-order valence-corrected chi connectivity index (χ0v) is 10.6. The zero-order valence-electron chi connectivity index (χ0n) is 10.6. The van der Waals surface area contributed by atoms with Crippen LogP contribution in [0.3, 0.4) is 0 Å². The summed E-state index contributed by atoms with van der Waals surface area (Å²) in [6.07, 6.45) is 1.87. The number of anilines is 2. The van der Waals surface area contributed by atoms with Gasteiger partial charge in [0.15, 0.2) is 23.3 Å². The average Bonchev–Trinajstić information content (AvgIpc) is 2.35. The predicted octanol–water partition coefficient (Wildman–Crippen LogP) is 1.91. The van der Waals surface area contributed by atoms with Gasteiger partial charge in [0, 0.05) is 19.2 Å². The van der Waals surface area contributed by atoms with E-state index in [1.165, 1.54) is 0 Å². The van der Waals surface area contributed by atoms with Gasteiger partial charge in [-0.05, 0) is 33.0 Å². The van der Waals surface area contributed by atoms with Crippen LogP contribution < -0.4 is 10.6 Å². The highest BCUT2D eigenvalue weighted by atomic mass is 19.1. The van der Waals surface area contributed by atoms with E-state index >= 15 is 0 Å². The number of likely N-dealkylation sites (tertiary alicyclic amines) is 1. The normalized spacial score (nSPS) is 17.8. The Balaban J connectivity index is 2.09. The van der Waals surface area contributed by atoms with E-state index in [1.807, 2.05) is 0 Å². The maximum atomic E-state index is 13.6. The molecule has 0 saturated carbocycles. The smallest absolute Gasteiger partial charge is 0.168 e. The topological polar surface area (TPSA) is 40.2 Å². The van der Waals surface area contributed by atoms with Gasteiger partial charge in [0.05, 0.1) is 0 Å². The monoisotopic (exact) mass is 256 g/mol. The summed E-state index contributed by atoms with van der Waals surface area (Å²) in [4.78, 5) is 6.15. The minimum Gasteiger partial charge on any atom is -0.371 e. The maximum absolute atomic E-state index is 13.6. The van der Waals surface area contributed by atoms with E-state index in [2.05, 4.69) is 27.6 Å². The molecule has 6 heteroatoms. The van der Waals surface area contributed by atoms with E-state index < -0.39 is 11.6 Å². The van der Waals surface area contributed by atoms with Crippen molar-refractivity contribution in [3.8, 4) is 0 Å². The fraction of sp³-hybridized carbons (Fsp3) is 0.583. The summed E-state index contributed by atoms with van der Waals surface area (Å²) in [6.45, 7) is 1.94. The van der Waals surface area contributed by atoms with Crippen LogP contribution in [0, 0.1) is 11.6 Å². The molecule has 1 aliphatic heterocycles. The van der Waals surface area contributed by atoms with Gasteiger partial charge in [0.1, 0.15) is 0 Å². The summed E-state index contributed by atoms with van der Waals surface area (Å²) in [7, 11) is 3.62. The van der Waals surface area contributed by atoms with Crippen molar-refractivity contribution in [2.75, 3.05) is 37.8 Å². The molecule has 0 atom stereocenters. The van der Waals surface area contributed by atoms with Crippen LogP contribution in [-0.2, 0) is 0 Å². The minimum atomic E-state index is -0.677. The van der Waals surface area contributed by atoms with Gasteiger partial charge >= 0.3 is 0 Å². The fourth-order valence-electron chi connectivity index (χ4n) is 2.09. The number of hydrogen-bond acceptors (Lipinski definition) is 4. The van der Waals surface area contributed by atoms with Gasteiger partial charge in [0.2, 0.25) is 0 Å². The van der Waals surface area contributed by atoms with Gasteiger partial charge < -0.3 is 15.5 Å². The fourth-order valence-corrected chi connectivity index (χ4v) is 2.09. The molecule has 0 aromatic carbocycles. The molecular formula is C12H18F2N4. The lowest BCUT2D eigenvalue weighted by atomic mass is 10.1. The van der Waals surface area contributed by atoms with Gasteiger partial charge in [0.25, 0.3) is 0 Å². The summed E-state index contributed by atoms with van der Waals surface area (Å²) in [5.74, 6) is -1.14. The van der Waals surface area contributed by atoms with Gasteiger partial charge in [-0.25, -0.2) is 13.8 Å². The zero-order chi connectivity index (χ0) is 13.1. The van der Waals surface area contributed by atoms with Crippen LogP contribution >= 0.6 is 0 Å². The second-order valence-corrected chi connectivity index (χ2v) is 4.62. The van der Waals surface area contributed by atoms with Crippen molar-refractivity contribution in [2.24, 2.45) is 0 Å². The van der Waals surface area contributed by atoms with Crippen molar-refractivity contribution in [2.45, 2.75) is 18.9 Å². The Morgan fingerprint density at radius 1 is 1.22 bits per heavy atom. The van der Waals surface area contributed by atoms with E-state index in [-0.39, 0.29) is 17.7 Å². The summed E-state index contributed by atoms with van der Waals surface area (Å²) in [6, 6.07) is 1.05. The van der Waals surface area contributed by atoms with Crippen molar-refractivity contribution < 1.29 is 8.78 Å². The van der Waals surface area contributed by atoms with E-state index in [1.54, 1.807) is 7.05 Å². The Kier molecular flexibility index (Phi) is 3.96. The van der Waals surface area contributed by atoms with Gasteiger partial charge in [-0.1, -0.05) is 0 Å². The van der Waals surface area contributed by atoms with E-state index in [4.69, 9.17) is 0 Å². The molecule has 2 rings (SSSR count). The van der Waals surface area contributed by atoms with Crippen LogP contribution in [0.25, 0.3) is 0 Å². The molecule has 0 amide bonds. The van der Waals surface area contributed by atoms with Crippen LogP contribution in [0.15, 0.2) is 6.07 Å². The number of piperidine rings is 1. The number of halogens is 2. The second kappa shape index (κ2) is 5.48. The molecule has 0 aliphatic carbocycles. The molecule has 1 fully saturated rings. The molecule has 0 spiro atoms. The lowest BCUT2D eigenvalue weighted by molar-refractivity contribution is 0.263. The maximum Gasteiger partial charge on any atom is 0.168 e. The third kappa shape index (κ3) is 2.87. The van der Waals surface area contributed by atoms with Crippen LogP contribution in [0.2, 0.25) is 0 Å². The summed E-state index contributed by atoms with van der Waals surface area (Å²) in [5, 5.41) is 5.66. The second-order valence-electron chi connectivity index (χ2n) is 4.62. The van der Waals surface area contributed by atoms with Crippen LogP contribution in [0.1, 0.15) is 12.8 Å². The molecule has 0 radical (unpaired) electrons. The van der Waals surface area contributed by atoms with Gasteiger partial charge in [-0.15, -0.1) is 0 Å². The number of pyridine rings is 1. The van der Waals surface area contributed by atoms with Crippen LogP contribution in [-0.4, -0.2) is 43.1 Å². The van der Waals surface area contributed by atoms with E-state index in [0.717, 1.165) is 32.0 Å². The largest absolute Gasteiger partial charge is 0.371 e. The highest BCUT2D eigenvalue weighted by Gasteiger charge is 2.19. The third-order valence-electron chi connectivity index (χ3n) is 3.23. The SMILES string of the molecule is CNc1nc(NC2CCN(C)CC2)c(F)cc1F. The Morgan fingerprint density at radius 3 is 2.44 bits per heavy atom. The molecule has 0 bridgehead atoms. The summed E-state index contributed by atoms with van der Waals surface area (Å²) < 4.78 is 26.9.